The maximum Gasteiger partial charge on any atom is 0.673 e. The SMILES string of the molecule is F[B-](F)(F)F.Nc1ccc(-c2ccc(N)c(Cl)c2)cc1Cl. The van der Waals surface area contributed by atoms with Crippen molar-refractivity contribution < 1.29 is 17.3 Å². The van der Waals surface area contributed by atoms with Crippen LogP contribution in [0, 0.1) is 0 Å². The molecule has 2 aromatic rings. The van der Waals surface area contributed by atoms with Crippen LogP contribution in [0.1, 0.15) is 0 Å². The predicted molar refractivity (Wildman–Crippen MR) is 80.9 cm³/mol. The average Bonchev–Trinajstić information content (AvgIpc) is 2.34. The van der Waals surface area contributed by atoms with Gasteiger partial charge < -0.3 is 28.7 Å². The number of benzene rings is 2. The summed E-state index contributed by atoms with van der Waals surface area (Å²) in [7, 11) is -6.00. The molecule has 0 amide bonds. The van der Waals surface area contributed by atoms with Gasteiger partial charge >= 0.3 is 7.25 Å². The molecule has 2 rings (SSSR count). The lowest BCUT2D eigenvalue weighted by molar-refractivity contribution is 0.368. The van der Waals surface area contributed by atoms with Gasteiger partial charge in [0.2, 0.25) is 0 Å². The van der Waals surface area contributed by atoms with Crippen LogP contribution < -0.4 is 11.5 Å². The first-order valence-corrected chi connectivity index (χ1v) is 6.31. The minimum atomic E-state index is -6.00. The zero-order valence-corrected chi connectivity index (χ0v) is 12.0. The second-order valence-corrected chi connectivity index (χ2v) is 4.78. The Balaban J connectivity index is 0.000000383. The summed E-state index contributed by atoms with van der Waals surface area (Å²) < 4.78 is 39.0. The van der Waals surface area contributed by atoms with Gasteiger partial charge in [-0.1, -0.05) is 35.3 Å². The Hall–Kier alpha value is -1.60. The van der Waals surface area contributed by atoms with Gasteiger partial charge in [-0.15, -0.1) is 0 Å². The van der Waals surface area contributed by atoms with Crippen LogP contribution in [0.5, 0.6) is 0 Å². The number of nitrogens with two attached hydrogens (primary N) is 2. The van der Waals surface area contributed by atoms with Crippen molar-refractivity contribution in [1.29, 1.82) is 0 Å². The van der Waals surface area contributed by atoms with Gasteiger partial charge in [-0.05, 0) is 35.4 Å². The van der Waals surface area contributed by atoms with Crippen molar-refractivity contribution in [3.8, 4) is 11.1 Å². The molecular formula is C12H10BCl2F4N2-. The van der Waals surface area contributed by atoms with Crippen molar-refractivity contribution in [2.75, 3.05) is 11.5 Å². The number of hydrogen-bond donors (Lipinski definition) is 2. The molecule has 9 heteroatoms. The van der Waals surface area contributed by atoms with Crippen molar-refractivity contribution in [3.63, 3.8) is 0 Å². The summed E-state index contributed by atoms with van der Waals surface area (Å²) >= 11 is 11.9. The van der Waals surface area contributed by atoms with Gasteiger partial charge in [0.25, 0.3) is 0 Å². The minimum absolute atomic E-state index is 0.533. The van der Waals surface area contributed by atoms with Gasteiger partial charge in [0.1, 0.15) is 0 Å². The molecule has 0 unspecified atom stereocenters. The number of nitrogen functional groups attached to an aromatic ring is 2. The highest BCUT2D eigenvalue weighted by atomic mass is 35.5. The molecule has 2 aromatic carbocycles. The van der Waals surface area contributed by atoms with E-state index in [1.807, 2.05) is 12.1 Å². The number of halogens is 6. The van der Waals surface area contributed by atoms with Gasteiger partial charge in [-0.25, -0.2) is 0 Å². The van der Waals surface area contributed by atoms with Gasteiger partial charge in [0, 0.05) is 0 Å². The van der Waals surface area contributed by atoms with E-state index < -0.39 is 7.25 Å². The van der Waals surface area contributed by atoms with Crippen LogP contribution in [-0.4, -0.2) is 7.25 Å². The number of anilines is 2. The Morgan fingerprint density at radius 3 is 1.24 bits per heavy atom. The van der Waals surface area contributed by atoms with E-state index in [0.717, 1.165) is 11.1 Å². The summed E-state index contributed by atoms with van der Waals surface area (Å²) in [5, 5.41) is 1.07. The molecule has 0 spiro atoms. The van der Waals surface area contributed by atoms with Crippen molar-refractivity contribution in [2.45, 2.75) is 0 Å². The van der Waals surface area contributed by atoms with E-state index in [1.165, 1.54) is 0 Å². The van der Waals surface area contributed by atoms with E-state index in [1.54, 1.807) is 24.3 Å². The average molecular weight is 340 g/mol. The molecule has 2 nitrogen and oxygen atoms in total. The number of hydrogen-bond acceptors (Lipinski definition) is 2. The zero-order valence-electron chi connectivity index (χ0n) is 10.5. The maximum atomic E-state index is 9.75. The highest BCUT2D eigenvalue weighted by Gasteiger charge is 2.20. The van der Waals surface area contributed by atoms with Gasteiger partial charge in [-0.2, -0.15) is 0 Å². The van der Waals surface area contributed by atoms with Gasteiger partial charge in [-0.3, -0.25) is 0 Å². The molecule has 0 heterocycles. The fourth-order valence-corrected chi connectivity index (χ4v) is 1.77. The van der Waals surface area contributed by atoms with Crippen molar-refractivity contribution in [1.82, 2.24) is 0 Å². The predicted octanol–water partition coefficient (Wildman–Crippen LogP) is 5.12. The van der Waals surface area contributed by atoms with Crippen LogP contribution in [0.15, 0.2) is 36.4 Å². The van der Waals surface area contributed by atoms with Crippen LogP contribution in [0.3, 0.4) is 0 Å². The molecular weight excluding hydrogens is 330 g/mol. The lowest BCUT2D eigenvalue weighted by Gasteiger charge is -2.06. The highest BCUT2D eigenvalue weighted by molar-refractivity contribution is 6.50. The molecule has 0 atom stereocenters. The van der Waals surface area contributed by atoms with Crippen LogP contribution in [-0.2, 0) is 0 Å². The summed E-state index contributed by atoms with van der Waals surface area (Å²) in [6, 6.07) is 10.9. The van der Waals surface area contributed by atoms with Gasteiger partial charge in [0.05, 0.1) is 21.4 Å². The molecule has 0 fully saturated rings. The highest BCUT2D eigenvalue weighted by Crippen LogP contribution is 2.30. The Kier molecular flexibility index (Phi) is 5.74. The first-order valence-electron chi connectivity index (χ1n) is 5.55. The van der Waals surface area contributed by atoms with E-state index in [9.17, 15) is 17.3 Å². The zero-order chi connectivity index (χ0) is 16.2. The topological polar surface area (TPSA) is 52.0 Å². The van der Waals surface area contributed by atoms with Crippen LogP contribution in [0.4, 0.5) is 28.6 Å². The van der Waals surface area contributed by atoms with E-state index in [0.29, 0.717) is 21.4 Å². The van der Waals surface area contributed by atoms with E-state index in [4.69, 9.17) is 34.7 Å². The molecule has 0 bridgehead atoms. The third-order valence-electron chi connectivity index (χ3n) is 2.33. The molecule has 4 N–H and O–H groups in total. The molecule has 0 saturated heterocycles. The summed E-state index contributed by atoms with van der Waals surface area (Å²) in [5.74, 6) is 0. The number of rotatable bonds is 1. The standard InChI is InChI=1S/C12H10Cl2N2.BF4/c13-9-5-7(1-3-11(9)15)8-2-4-12(16)10(14)6-8;2-1(3,4)5/h1-6H,15-16H2;/q;-1. The molecule has 0 aliphatic rings. The molecule has 0 aliphatic heterocycles. The van der Waals surface area contributed by atoms with E-state index >= 15 is 0 Å². The van der Waals surface area contributed by atoms with Crippen molar-refractivity contribution >= 4 is 41.8 Å². The maximum absolute atomic E-state index is 9.75. The largest absolute Gasteiger partial charge is 0.673 e. The smallest absolute Gasteiger partial charge is 0.418 e. The third kappa shape index (κ3) is 6.14. The van der Waals surface area contributed by atoms with Crippen LogP contribution >= 0.6 is 23.2 Å². The molecule has 0 aromatic heterocycles. The quantitative estimate of drug-likeness (QED) is 0.430. The second-order valence-electron chi connectivity index (χ2n) is 3.97. The normalized spacial score (nSPS) is 10.8. The van der Waals surface area contributed by atoms with E-state index in [2.05, 4.69) is 0 Å². The Labute approximate surface area is 128 Å². The Morgan fingerprint density at radius 1 is 0.714 bits per heavy atom. The Morgan fingerprint density at radius 2 is 1.00 bits per heavy atom. The molecule has 0 aliphatic carbocycles. The fraction of sp³-hybridized carbons (Fsp3) is 0. The Bertz CT molecular complexity index is 580. The van der Waals surface area contributed by atoms with Gasteiger partial charge in [0.15, 0.2) is 0 Å². The molecule has 0 saturated carbocycles. The summed E-state index contributed by atoms with van der Waals surface area (Å²) in [6.45, 7) is 0. The molecule has 21 heavy (non-hydrogen) atoms. The second kappa shape index (κ2) is 6.91. The summed E-state index contributed by atoms with van der Waals surface area (Å²) in [4.78, 5) is 0. The van der Waals surface area contributed by atoms with E-state index in [-0.39, 0.29) is 0 Å². The summed E-state index contributed by atoms with van der Waals surface area (Å²) in [6.07, 6.45) is 0. The lowest BCUT2D eigenvalue weighted by Crippen LogP contribution is -2.02. The molecule has 114 valence electrons. The summed E-state index contributed by atoms with van der Waals surface area (Å²) in [5.41, 5.74) is 14.3. The lowest BCUT2D eigenvalue weighted by atomic mass is 10.1. The molecule has 0 radical (unpaired) electrons. The van der Waals surface area contributed by atoms with Crippen molar-refractivity contribution in [3.05, 3.63) is 46.4 Å². The first kappa shape index (κ1) is 17.5. The first-order chi connectivity index (χ1) is 9.58. The van der Waals surface area contributed by atoms with Crippen molar-refractivity contribution in [2.24, 2.45) is 0 Å². The fourth-order valence-electron chi connectivity index (χ4n) is 1.41. The minimum Gasteiger partial charge on any atom is -0.418 e. The van der Waals surface area contributed by atoms with Crippen LogP contribution in [0.2, 0.25) is 10.0 Å². The van der Waals surface area contributed by atoms with Crippen LogP contribution in [0.25, 0.3) is 11.1 Å². The monoisotopic (exact) mass is 339 g/mol. The third-order valence-corrected chi connectivity index (χ3v) is 2.99.